The Morgan fingerprint density at radius 2 is 2.00 bits per heavy atom. The van der Waals surface area contributed by atoms with E-state index in [0.29, 0.717) is 10.8 Å². The zero-order chi connectivity index (χ0) is 16.7. The number of hydrogen-bond acceptors (Lipinski definition) is 7. The number of nitrogens with two attached hydrogens (primary N) is 1. The van der Waals surface area contributed by atoms with E-state index in [1.165, 1.54) is 16.9 Å². The second-order valence-electron chi connectivity index (χ2n) is 5.38. The minimum Gasteiger partial charge on any atom is -0.368 e. The van der Waals surface area contributed by atoms with E-state index in [0.717, 1.165) is 25.7 Å². The highest BCUT2D eigenvalue weighted by molar-refractivity contribution is 7.14. The van der Waals surface area contributed by atoms with E-state index < -0.39 is 0 Å². The van der Waals surface area contributed by atoms with Crippen LogP contribution in [-0.4, -0.2) is 20.7 Å². The van der Waals surface area contributed by atoms with Crippen LogP contribution in [0.3, 0.4) is 0 Å². The van der Waals surface area contributed by atoms with Gasteiger partial charge in [0.25, 0.3) is 5.91 Å². The maximum Gasteiger partial charge on any atom is 0.291 e. The first kappa shape index (κ1) is 15.7. The molecule has 0 bridgehead atoms. The predicted octanol–water partition coefficient (Wildman–Crippen LogP) is 3.65. The average molecular weight is 347 g/mol. The number of anilines is 3. The number of nitrogens with zero attached hydrogens (tertiary/aromatic N) is 3. The molecule has 0 unspecified atom stereocenters. The highest BCUT2D eigenvalue weighted by Gasteiger charge is 2.20. The van der Waals surface area contributed by atoms with Crippen molar-refractivity contribution in [3.8, 4) is 0 Å². The second kappa shape index (κ2) is 5.78. The summed E-state index contributed by atoms with van der Waals surface area (Å²) in [6.45, 7) is 7.94. The first-order valence-electron chi connectivity index (χ1n) is 7.02. The van der Waals surface area contributed by atoms with Crippen LogP contribution in [-0.2, 0) is 0 Å². The molecule has 3 aromatic rings. The maximum absolute atomic E-state index is 12.6. The van der Waals surface area contributed by atoms with Crippen LogP contribution in [0.4, 0.5) is 16.9 Å². The molecule has 8 heteroatoms. The van der Waals surface area contributed by atoms with Gasteiger partial charge in [0.2, 0.25) is 11.9 Å². The number of aromatic nitrogens is 3. The van der Waals surface area contributed by atoms with Crippen LogP contribution in [0.1, 0.15) is 31.2 Å². The molecule has 0 saturated heterocycles. The Kier molecular flexibility index (Phi) is 3.95. The van der Waals surface area contributed by atoms with Gasteiger partial charge in [-0.05, 0) is 55.8 Å². The predicted molar refractivity (Wildman–Crippen MR) is 95.0 cm³/mol. The molecule has 3 rings (SSSR count). The molecule has 3 N–H and O–H groups in total. The van der Waals surface area contributed by atoms with E-state index in [1.54, 1.807) is 11.3 Å². The molecule has 0 amide bonds. The van der Waals surface area contributed by atoms with Gasteiger partial charge in [0.1, 0.15) is 0 Å². The summed E-state index contributed by atoms with van der Waals surface area (Å²) in [4.78, 5) is 18.5. The Labute approximate surface area is 142 Å². The first-order chi connectivity index (χ1) is 10.9. The molecule has 0 radical (unpaired) electrons. The monoisotopic (exact) mass is 347 g/mol. The van der Waals surface area contributed by atoms with Crippen LogP contribution in [0.5, 0.6) is 0 Å². The molecule has 0 spiro atoms. The molecule has 120 valence electrons. The van der Waals surface area contributed by atoms with Gasteiger partial charge < -0.3 is 11.1 Å². The fraction of sp³-hybridized carbons (Fsp3) is 0.267. The summed E-state index contributed by atoms with van der Waals surface area (Å²) in [6.07, 6.45) is 0. The van der Waals surface area contributed by atoms with Crippen LogP contribution in [0.2, 0.25) is 0 Å². The van der Waals surface area contributed by atoms with Crippen LogP contribution in [0.25, 0.3) is 0 Å². The van der Waals surface area contributed by atoms with Crippen LogP contribution in [0, 0.1) is 27.7 Å². The van der Waals surface area contributed by atoms with Crippen molar-refractivity contribution in [1.29, 1.82) is 0 Å². The molecule has 0 saturated carbocycles. The molecule has 3 aromatic heterocycles. The molecule has 23 heavy (non-hydrogen) atoms. The SMILES string of the molecule is Cc1cc(C)c(C(=O)n2nc(Nc3scc(C)c3C)nc2N)s1. The molecular weight excluding hydrogens is 330 g/mol. The molecular formula is C15H17N5OS2. The van der Waals surface area contributed by atoms with Gasteiger partial charge in [0.05, 0.1) is 9.88 Å². The third-order valence-corrected chi connectivity index (χ3v) is 5.83. The molecule has 0 aliphatic rings. The lowest BCUT2D eigenvalue weighted by atomic mass is 10.2. The van der Waals surface area contributed by atoms with Crippen molar-refractivity contribution in [2.24, 2.45) is 0 Å². The number of nitrogens with one attached hydrogen (secondary N) is 1. The van der Waals surface area contributed by atoms with Gasteiger partial charge in [-0.25, -0.2) is 0 Å². The molecule has 0 fully saturated rings. The topological polar surface area (TPSA) is 85.8 Å². The van der Waals surface area contributed by atoms with Gasteiger partial charge in [-0.15, -0.1) is 27.8 Å². The summed E-state index contributed by atoms with van der Waals surface area (Å²) in [5, 5.41) is 10.4. The summed E-state index contributed by atoms with van der Waals surface area (Å²) in [5.41, 5.74) is 9.13. The van der Waals surface area contributed by atoms with Crippen molar-refractivity contribution >= 4 is 45.5 Å². The van der Waals surface area contributed by atoms with Gasteiger partial charge in [0.15, 0.2) is 0 Å². The zero-order valence-corrected chi connectivity index (χ0v) is 14.9. The van der Waals surface area contributed by atoms with Gasteiger partial charge in [-0.2, -0.15) is 9.67 Å². The minimum atomic E-state index is -0.252. The zero-order valence-electron chi connectivity index (χ0n) is 13.3. The number of hydrogen-bond donors (Lipinski definition) is 2. The largest absolute Gasteiger partial charge is 0.368 e. The fourth-order valence-corrected chi connectivity index (χ4v) is 4.12. The van der Waals surface area contributed by atoms with Crippen molar-refractivity contribution < 1.29 is 4.79 Å². The van der Waals surface area contributed by atoms with E-state index >= 15 is 0 Å². The Morgan fingerprint density at radius 1 is 1.26 bits per heavy atom. The average Bonchev–Trinajstić information content (AvgIpc) is 3.12. The van der Waals surface area contributed by atoms with Crippen molar-refractivity contribution in [3.63, 3.8) is 0 Å². The lowest BCUT2D eigenvalue weighted by Crippen LogP contribution is -2.16. The van der Waals surface area contributed by atoms with Crippen LogP contribution >= 0.6 is 22.7 Å². The highest BCUT2D eigenvalue weighted by atomic mass is 32.1. The number of rotatable bonds is 3. The van der Waals surface area contributed by atoms with Crippen LogP contribution in [0.15, 0.2) is 11.4 Å². The van der Waals surface area contributed by atoms with Gasteiger partial charge in [-0.1, -0.05) is 0 Å². The van der Waals surface area contributed by atoms with Gasteiger partial charge >= 0.3 is 0 Å². The molecule has 0 atom stereocenters. The van der Waals surface area contributed by atoms with Crippen LogP contribution < -0.4 is 11.1 Å². The third-order valence-electron chi connectivity index (χ3n) is 3.57. The Morgan fingerprint density at radius 3 is 2.57 bits per heavy atom. The van der Waals surface area contributed by atoms with Gasteiger partial charge in [-0.3, -0.25) is 4.79 Å². The number of nitrogen functional groups attached to an aromatic ring is 1. The molecule has 0 aliphatic heterocycles. The number of aryl methyl sites for hydroxylation is 3. The quantitative estimate of drug-likeness (QED) is 0.755. The summed E-state index contributed by atoms with van der Waals surface area (Å²) < 4.78 is 1.15. The summed E-state index contributed by atoms with van der Waals surface area (Å²) in [6, 6.07) is 1.97. The Hall–Kier alpha value is -2.19. The number of thiophene rings is 2. The number of carbonyl (C=O) groups excluding carboxylic acids is 1. The smallest absolute Gasteiger partial charge is 0.291 e. The van der Waals surface area contributed by atoms with Crippen molar-refractivity contribution in [2.75, 3.05) is 11.1 Å². The minimum absolute atomic E-state index is 0.0777. The van der Waals surface area contributed by atoms with E-state index in [9.17, 15) is 4.79 Å². The lowest BCUT2D eigenvalue weighted by molar-refractivity contribution is 0.0951. The normalized spacial score (nSPS) is 11.0. The number of carbonyl (C=O) groups is 1. The first-order valence-corrected chi connectivity index (χ1v) is 8.72. The van der Waals surface area contributed by atoms with Crippen molar-refractivity contribution in [3.05, 3.63) is 37.9 Å². The maximum atomic E-state index is 12.6. The van der Waals surface area contributed by atoms with Crippen molar-refractivity contribution in [2.45, 2.75) is 27.7 Å². The molecule has 3 heterocycles. The van der Waals surface area contributed by atoms with E-state index in [1.807, 2.05) is 33.8 Å². The standard InChI is InChI=1S/C15H17N5OS2/c1-7-5-9(3)23-11(7)13(21)20-14(16)18-15(19-20)17-12-10(4)8(2)6-22-12/h5-6H,1-4H3,(H3,16,17,18,19). The molecule has 0 aromatic carbocycles. The summed E-state index contributed by atoms with van der Waals surface area (Å²) in [7, 11) is 0. The van der Waals surface area contributed by atoms with Crippen molar-refractivity contribution in [1.82, 2.24) is 14.8 Å². The summed E-state index contributed by atoms with van der Waals surface area (Å²) in [5.74, 6) is 0.151. The Balaban J connectivity index is 1.90. The fourth-order valence-electron chi connectivity index (χ4n) is 2.20. The van der Waals surface area contributed by atoms with E-state index in [-0.39, 0.29) is 11.9 Å². The van der Waals surface area contributed by atoms with Gasteiger partial charge in [0, 0.05) is 4.88 Å². The highest BCUT2D eigenvalue weighted by Crippen LogP contribution is 2.29. The lowest BCUT2D eigenvalue weighted by Gasteiger charge is -2.01. The molecule has 6 nitrogen and oxygen atoms in total. The third kappa shape index (κ3) is 2.87. The van der Waals surface area contributed by atoms with E-state index in [4.69, 9.17) is 5.73 Å². The summed E-state index contributed by atoms with van der Waals surface area (Å²) >= 11 is 3.01. The second-order valence-corrected chi connectivity index (χ2v) is 7.51. The Bertz CT molecular complexity index is 890. The van der Waals surface area contributed by atoms with E-state index in [2.05, 4.69) is 20.8 Å². The molecule has 0 aliphatic carbocycles.